The van der Waals surface area contributed by atoms with Gasteiger partial charge in [-0.05, 0) is 56.4 Å². The number of nitrogens with zero attached hydrogens (tertiary/aromatic N) is 5. The highest BCUT2D eigenvalue weighted by Crippen LogP contribution is 2.35. The summed E-state index contributed by atoms with van der Waals surface area (Å²) < 4.78 is 16.2. The van der Waals surface area contributed by atoms with E-state index in [0.29, 0.717) is 24.5 Å². The molecule has 0 aliphatic carbocycles. The van der Waals surface area contributed by atoms with Crippen molar-refractivity contribution in [1.82, 2.24) is 20.1 Å². The van der Waals surface area contributed by atoms with Crippen LogP contribution in [0.5, 0.6) is 6.01 Å². The van der Waals surface area contributed by atoms with Crippen LogP contribution in [0.15, 0.2) is 41.4 Å². The van der Waals surface area contributed by atoms with Crippen molar-refractivity contribution in [2.75, 3.05) is 36.6 Å². The molecule has 0 spiro atoms. The lowest BCUT2D eigenvalue weighted by molar-refractivity contribution is 0.0846. The topological polar surface area (TPSA) is 98.4 Å². The van der Waals surface area contributed by atoms with Gasteiger partial charge in [0, 0.05) is 31.9 Å². The molecule has 3 heterocycles. The fourth-order valence-corrected chi connectivity index (χ4v) is 4.23. The summed E-state index contributed by atoms with van der Waals surface area (Å²) >= 11 is 0. The summed E-state index contributed by atoms with van der Waals surface area (Å²) in [5, 5.41) is 7.25. The van der Waals surface area contributed by atoms with Crippen molar-refractivity contribution in [2.24, 2.45) is 0 Å². The van der Waals surface area contributed by atoms with Crippen LogP contribution in [-0.4, -0.2) is 52.5 Å². The summed E-state index contributed by atoms with van der Waals surface area (Å²) in [6, 6.07) is 7.31. The van der Waals surface area contributed by atoms with Gasteiger partial charge in [0.15, 0.2) is 6.33 Å². The molecule has 1 N–H and O–H groups in total. The van der Waals surface area contributed by atoms with E-state index in [1.807, 2.05) is 13.0 Å². The second-order valence-corrected chi connectivity index (χ2v) is 7.98. The molecule has 0 atom stereocenters. The van der Waals surface area contributed by atoms with E-state index < -0.39 is 0 Å². The SMILES string of the molecule is CCOc1ncc(Nc2cc(/C(=C/c3ncno3)CC)ccc2N(CC)C2CCOCC2)cn1. The van der Waals surface area contributed by atoms with Gasteiger partial charge in [-0.3, -0.25) is 0 Å². The van der Waals surface area contributed by atoms with Gasteiger partial charge in [-0.25, -0.2) is 9.97 Å². The van der Waals surface area contributed by atoms with E-state index >= 15 is 0 Å². The van der Waals surface area contributed by atoms with Gasteiger partial charge in [-0.2, -0.15) is 4.98 Å². The highest BCUT2D eigenvalue weighted by molar-refractivity contribution is 5.85. The molecule has 0 saturated carbocycles. The van der Waals surface area contributed by atoms with E-state index in [2.05, 4.69) is 62.4 Å². The van der Waals surface area contributed by atoms with E-state index in [9.17, 15) is 0 Å². The Morgan fingerprint density at radius 1 is 1.15 bits per heavy atom. The van der Waals surface area contributed by atoms with Crippen LogP contribution in [0.4, 0.5) is 17.1 Å². The predicted molar refractivity (Wildman–Crippen MR) is 132 cm³/mol. The number of hydrogen-bond donors (Lipinski definition) is 1. The number of anilines is 3. The molecule has 1 aliphatic rings. The van der Waals surface area contributed by atoms with Crippen LogP contribution in [0.3, 0.4) is 0 Å². The Morgan fingerprint density at radius 3 is 2.59 bits per heavy atom. The number of rotatable bonds is 10. The quantitative estimate of drug-likeness (QED) is 0.446. The summed E-state index contributed by atoms with van der Waals surface area (Å²) in [5.41, 5.74) is 5.12. The number of hydrogen-bond acceptors (Lipinski definition) is 9. The summed E-state index contributed by atoms with van der Waals surface area (Å²) in [6.07, 6.45) is 9.68. The third-order valence-corrected chi connectivity index (χ3v) is 5.89. The minimum atomic E-state index is 0.371. The van der Waals surface area contributed by atoms with Crippen LogP contribution in [-0.2, 0) is 4.74 Å². The van der Waals surface area contributed by atoms with Gasteiger partial charge in [0.1, 0.15) is 0 Å². The van der Waals surface area contributed by atoms with Gasteiger partial charge in [0.2, 0.25) is 0 Å². The van der Waals surface area contributed by atoms with Crippen molar-refractivity contribution in [3.8, 4) is 6.01 Å². The van der Waals surface area contributed by atoms with E-state index in [0.717, 1.165) is 67.2 Å². The molecule has 2 aromatic heterocycles. The summed E-state index contributed by atoms with van der Waals surface area (Å²) in [4.78, 5) is 15.2. The van der Waals surface area contributed by atoms with Crippen molar-refractivity contribution in [2.45, 2.75) is 46.1 Å². The second-order valence-electron chi connectivity index (χ2n) is 7.98. The largest absolute Gasteiger partial charge is 0.464 e. The Labute approximate surface area is 200 Å². The maximum Gasteiger partial charge on any atom is 0.316 e. The fourth-order valence-electron chi connectivity index (χ4n) is 4.23. The van der Waals surface area contributed by atoms with Gasteiger partial charge in [0.25, 0.3) is 5.89 Å². The lowest BCUT2D eigenvalue weighted by atomic mass is 9.99. The molecule has 0 bridgehead atoms. The molecule has 1 fully saturated rings. The van der Waals surface area contributed by atoms with Crippen LogP contribution < -0.4 is 15.0 Å². The van der Waals surface area contributed by atoms with Crippen molar-refractivity contribution in [3.05, 3.63) is 48.4 Å². The first kappa shape index (κ1) is 23.7. The maximum atomic E-state index is 5.60. The Morgan fingerprint density at radius 2 is 1.94 bits per heavy atom. The number of nitrogens with one attached hydrogen (secondary N) is 1. The Bertz CT molecular complexity index is 1060. The maximum absolute atomic E-state index is 5.60. The van der Waals surface area contributed by atoms with Crippen molar-refractivity contribution >= 4 is 28.7 Å². The van der Waals surface area contributed by atoms with Crippen molar-refractivity contribution in [1.29, 1.82) is 0 Å². The van der Waals surface area contributed by atoms with E-state index in [-0.39, 0.29) is 0 Å². The molecule has 0 amide bonds. The first-order chi connectivity index (χ1) is 16.7. The molecule has 1 aromatic carbocycles. The normalized spacial score (nSPS) is 14.7. The highest BCUT2D eigenvalue weighted by Gasteiger charge is 2.23. The minimum Gasteiger partial charge on any atom is -0.464 e. The summed E-state index contributed by atoms with van der Waals surface area (Å²) in [6.45, 7) is 9.24. The van der Waals surface area contributed by atoms with Gasteiger partial charge in [0.05, 0.1) is 36.1 Å². The zero-order chi connectivity index (χ0) is 23.8. The lowest BCUT2D eigenvalue weighted by Crippen LogP contribution is -2.39. The van der Waals surface area contributed by atoms with E-state index in [1.165, 1.54) is 6.33 Å². The third-order valence-electron chi connectivity index (χ3n) is 5.89. The average molecular weight is 465 g/mol. The Balaban J connectivity index is 1.70. The van der Waals surface area contributed by atoms with Gasteiger partial charge >= 0.3 is 6.01 Å². The van der Waals surface area contributed by atoms with Gasteiger partial charge < -0.3 is 24.2 Å². The van der Waals surface area contributed by atoms with Gasteiger partial charge in [-0.1, -0.05) is 18.1 Å². The molecule has 4 rings (SSSR count). The van der Waals surface area contributed by atoms with Crippen LogP contribution in [0.2, 0.25) is 0 Å². The molecule has 9 heteroatoms. The smallest absolute Gasteiger partial charge is 0.316 e. The first-order valence-electron chi connectivity index (χ1n) is 11.9. The second kappa shape index (κ2) is 11.6. The number of aromatic nitrogens is 4. The van der Waals surface area contributed by atoms with Crippen LogP contribution in [0.25, 0.3) is 11.6 Å². The van der Waals surface area contributed by atoms with Crippen LogP contribution >= 0.6 is 0 Å². The predicted octanol–water partition coefficient (Wildman–Crippen LogP) is 4.96. The van der Waals surface area contributed by atoms with Crippen LogP contribution in [0, 0.1) is 0 Å². The van der Waals surface area contributed by atoms with Crippen molar-refractivity contribution < 1.29 is 14.0 Å². The third kappa shape index (κ3) is 5.72. The molecule has 3 aromatic rings. The molecular weight excluding hydrogens is 432 g/mol. The molecule has 1 saturated heterocycles. The first-order valence-corrected chi connectivity index (χ1v) is 11.9. The monoisotopic (exact) mass is 464 g/mol. The standard InChI is InChI=1S/C25H32N6O3/c1-4-18(14-24-28-17-29-34-24)19-7-8-23(31(5-2)21-9-11-32-12-10-21)22(13-19)30-20-15-26-25(27-16-20)33-6-3/h7-8,13-17,21,30H,4-6,9-12H2,1-3H3/b18-14+. The minimum absolute atomic E-state index is 0.371. The summed E-state index contributed by atoms with van der Waals surface area (Å²) in [7, 11) is 0. The van der Waals surface area contributed by atoms with Crippen molar-refractivity contribution in [3.63, 3.8) is 0 Å². The fraction of sp³-hybridized carbons (Fsp3) is 0.440. The highest BCUT2D eigenvalue weighted by atomic mass is 16.5. The Kier molecular flexibility index (Phi) is 8.08. The van der Waals surface area contributed by atoms with E-state index in [4.69, 9.17) is 14.0 Å². The zero-order valence-electron chi connectivity index (χ0n) is 20.0. The lowest BCUT2D eigenvalue weighted by Gasteiger charge is -2.36. The van der Waals surface area contributed by atoms with Crippen LogP contribution in [0.1, 0.15) is 51.5 Å². The zero-order valence-corrected chi connectivity index (χ0v) is 20.0. The molecule has 180 valence electrons. The van der Waals surface area contributed by atoms with Gasteiger partial charge in [-0.15, -0.1) is 0 Å². The summed E-state index contributed by atoms with van der Waals surface area (Å²) in [5.74, 6) is 0.493. The molecule has 1 aliphatic heterocycles. The molecule has 34 heavy (non-hydrogen) atoms. The Hall–Kier alpha value is -3.46. The number of ether oxygens (including phenoxy) is 2. The molecule has 9 nitrogen and oxygen atoms in total. The number of benzene rings is 1. The molecular formula is C25H32N6O3. The molecule has 0 radical (unpaired) electrons. The number of allylic oxidation sites excluding steroid dienone is 1. The average Bonchev–Trinajstić information content (AvgIpc) is 3.39. The molecule has 0 unspecified atom stereocenters. The van der Waals surface area contributed by atoms with E-state index in [1.54, 1.807) is 12.4 Å².